The summed E-state index contributed by atoms with van der Waals surface area (Å²) in [4.78, 5) is 28.7. The van der Waals surface area contributed by atoms with Crippen LogP contribution in [0.2, 0.25) is 0 Å². The van der Waals surface area contributed by atoms with E-state index in [-0.39, 0.29) is 42.1 Å². The summed E-state index contributed by atoms with van der Waals surface area (Å²) in [7, 11) is -3.63. The molecule has 3 aliphatic rings. The normalized spacial score (nSPS) is 24.7. The highest BCUT2D eigenvalue weighted by atomic mass is 32.2. The van der Waals surface area contributed by atoms with E-state index in [9.17, 15) is 18.0 Å². The minimum absolute atomic E-state index is 0.0285. The van der Waals surface area contributed by atoms with E-state index in [2.05, 4.69) is 10.2 Å². The third-order valence-electron chi connectivity index (χ3n) is 5.70. The van der Waals surface area contributed by atoms with Crippen molar-refractivity contribution in [2.45, 2.75) is 44.0 Å². The van der Waals surface area contributed by atoms with Crippen LogP contribution in [0.15, 0.2) is 4.90 Å². The summed E-state index contributed by atoms with van der Waals surface area (Å²) in [6.45, 7) is 5.07. The number of H-pyrrole nitrogens is 1. The second kappa shape index (κ2) is 6.59. The molecule has 27 heavy (non-hydrogen) atoms. The van der Waals surface area contributed by atoms with Gasteiger partial charge in [0.25, 0.3) is 0 Å². The number of hydrogen-bond acceptors (Lipinski definition) is 5. The Morgan fingerprint density at radius 3 is 2.37 bits per heavy atom. The summed E-state index contributed by atoms with van der Waals surface area (Å²) in [6.07, 6.45) is 2.35. The fourth-order valence-electron chi connectivity index (χ4n) is 4.09. The van der Waals surface area contributed by atoms with Crippen molar-refractivity contribution < 1.29 is 18.0 Å². The van der Waals surface area contributed by atoms with E-state index >= 15 is 0 Å². The third kappa shape index (κ3) is 3.25. The first-order valence-corrected chi connectivity index (χ1v) is 10.8. The van der Waals surface area contributed by atoms with Crippen molar-refractivity contribution in [1.29, 1.82) is 0 Å². The molecule has 10 heteroatoms. The van der Waals surface area contributed by atoms with Crippen LogP contribution in [0.25, 0.3) is 0 Å². The quantitative estimate of drug-likeness (QED) is 0.764. The summed E-state index contributed by atoms with van der Waals surface area (Å²) >= 11 is 0. The van der Waals surface area contributed by atoms with Gasteiger partial charge in [-0.05, 0) is 26.7 Å². The van der Waals surface area contributed by atoms with Crippen LogP contribution in [0.1, 0.15) is 30.7 Å². The molecule has 0 radical (unpaired) electrons. The molecule has 2 amide bonds. The van der Waals surface area contributed by atoms with E-state index < -0.39 is 10.0 Å². The van der Waals surface area contributed by atoms with E-state index in [1.54, 1.807) is 18.7 Å². The van der Waals surface area contributed by atoms with E-state index in [1.165, 1.54) is 4.31 Å². The Kier molecular flexibility index (Phi) is 4.50. The number of aromatic amines is 1. The summed E-state index contributed by atoms with van der Waals surface area (Å²) in [5.41, 5.74) is 0.978. The molecule has 3 fully saturated rings. The van der Waals surface area contributed by atoms with Crippen molar-refractivity contribution >= 4 is 21.8 Å². The average Bonchev–Trinajstić information content (AvgIpc) is 3.32. The van der Waals surface area contributed by atoms with Gasteiger partial charge in [0.1, 0.15) is 4.90 Å². The molecule has 0 aromatic carbocycles. The van der Waals surface area contributed by atoms with Gasteiger partial charge < -0.3 is 9.80 Å². The van der Waals surface area contributed by atoms with Crippen LogP contribution in [0.4, 0.5) is 0 Å². The van der Waals surface area contributed by atoms with Crippen LogP contribution in [-0.2, 0) is 19.6 Å². The topological polar surface area (TPSA) is 107 Å². The SMILES string of the molecule is Cc1n[nH]c(C)c1S(=O)(=O)N1CCN(C(=O)C2CC(=O)N(C3CC3)C2)CC1. The number of aromatic nitrogens is 2. The molecule has 0 bridgehead atoms. The van der Waals surface area contributed by atoms with Crippen molar-refractivity contribution in [3.63, 3.8) is 0 Å². The third-order valence-corrected chi connectivity index (χ3v) is 7.87. The Hall–Kier alpha value is -1.94. The molecule has 2 aliphatic heterocycles. The van der Waals surface area contributed by atoms with Gasteiger partial charge in [0.2, 0.25) is 21.8 Å². The summed E-state index contributed by atoms with van der Waals surface area (Å²) in [5.74, 6) is -0.248. The number of piperazine rings is 1. The maximum Gasteiger partial charge on any atom is 0.246 e. The van der Waals surface area contributed by atoms with Crippen LogP contribution in [0, 0.1) is 19.8 Å². The average molecular weight is 395 g/mol. The molecule has 4 rings (SSSR count). The van der Waals surface area contributed by atoms with Gasteiger partial charge in [-0.25, -0.2) is 8.42 Å². The van der Waals surface area contributed by atoms with Crippen molar-refractivity contribution in [1.82, 2.24) is 24.3 Å². The summed E-state index contributed by atoms with van der Waals surface area (Å²) in [5, 5.41) is 6.69. The number of hydrogen-bond donors (Lipinski definition) is 1. The molecule has 1 unspecified atom stereocenters. The fraction of sp³-hybridized carbons (Fsp3) is 0.706. The molecule has 1 atom stereocenters. The van der Waals surface area contributed by atoms with Crippen molar-refractivity contribution in [2.24, 2.45) is 5.92 Å². The molecule has 1 aliphatic carbocycles. The van der Waals surface area contributed by atoms with E-state index in [4.69, 9.17) is 0 Å². The first kappa shape index (κ1) is 18.4. The lowest BCUT2D eigenvalue weighted by Gasteiger charge is -2.35. The molecule has 1 aromatic heterocycles. The second-order valence-electron chi connectivity index (χ2n) is 7.67. The van der Waals surface area contributed by atoms with Crippen molar-refractivity contribution in [2.75, 3.05) is 32.7 Å². The maximum absolute atomic E-state index is 12.9. The van der Waals surface area contributed by atoms with Gasteiger partial charge in [0, 0.05) is 45.2 Å². The predicted molar refractivity (Wildman–Crippen MR) is 96.2 cm³/mol. The number of carbonyl (C=O) groups excluding carboxylic acids is 2. The number of rotatable bonds is 4. The van der Waals surface area contributed by atoms with Gasteiger partial charge in [-0.15, -0.1) is 0 Å². The van der Waals surface area contributed by atoms with Gasteiger partial charge in [0.05, 0.1) is 17.3 Å². The van der Waals surface area contributed by atoms with Gasteiger partial charge in [0.15, 0.2) is 0 Å². The number of sulfonamides is 1. The Morgan fingerprint density at radius 1 is 1.15 bits per heavy atom. The highest BCUT2D eigenvalue weighted by molar-refractivity contribution is 7.89. The predicted octanol–water partition coefficient (Wildman–Crippen LogP) is -0.130. The zero-order valence-corrected chi connectivity index (χ0v) is 16.5. The first-order chi connectivity index (χ1) is 12.8. The number of carbonyl (C=O) groups is 2. The van der Waals surface area contributed by atoms with Gasteiger partial charge in [-0.2, -0.15) is 9.40 Å². The molecular formula is C17H25N5O4S. The Balaban J connectivity index is 1.39. The van der Waals surface area contributed by atoms with Crippen LogP contribution in [-0.4, -0.2) is 83.3 Å². The fourth-order valence-corrected chi connectivity index (χ4v) is 5.85. The molecular weight excluding hydrogens is 370 g/mol. The lowest BCUT2D eigenvalue weighted by molar-refractivity contribution is -0.137. The summed E-state index contributed by atoms with van der Waals surface area (Å²) < 4.78 is 27.2. The van der Waals surface area contributed by atoms with Crippen molar-refractivity contribution in [3.05, 3.63) is 11.4 Å². The first-order valence-electron chi connectivity index (χ1n) is 9.39. The van der Waals surface area contributed by atoms with Crippen LogP contribution < -0.4 is 0 Å². The Labute approximate surface area is 158 Å². The second-order valence-corrected chi connectivity index (χ2v) is 9.55. The highest BCUT2D eigenvalue weighted by Gasteiger charge is 2.43. The zero-order valence-electron chi connectivity index (χ0n) is 15.6. The lowest BCUT2D eigenvalue weighted by atomic mass is 10.1. The number of nitrogens with one attached hydrogen (secondary N) is 1. The van der Waals surface area contributed by atoms with Gasteiger partial charge in [-0.1, -0.05) is 0 Å². The number of aryl methyl sites for hydroxylation is 2. The standard InChI is InChI=1S/C17H25N5O4S/c1-11-16(12(2)19-18-11)27(25,26)21-7-5-20(6-8-21)17(24)13-9-15(23)22(10-13)14-3-4-14/h13-14H,3-10H2,1-2H3,(H,18,19). The van der Waals surface area contributed by atoms with Crippen LogP contribution >= 0.6 is 0 Å². The molecule has 1 saturated carbocycles. The highest BCUT2D eigenvalue weighted by Crippen LogP contribution is 2.33. The maximum atomic E-state index is 12.9. The molecule has 1 aromatic rings. The molecule has 2 saturated heterocycles. The van der Waals surface area contributed by atoms with E-state index in [0.29, 0.717) is 37.1 Å². The minimum atomic E-state index is -3.63. The monoisotopic (exact) mass is 395 g/mol. The molecule has 0 spiro atoms. The molecule has 1 N–H and O–H groups in total. The van der Waals surface area contributed by atoms with Crippen molar-refractivity contribution in [3.8, 4) is 0 Å². The smallest absolute Gasteiger partial charge is 0.246 e. The van der Waals surface area contributed by atoms with E-state index in [0.717, 1.165) is 12.8 Å². The lowest BCUT2D eigenvalue weighted by Crippen LogP contribution is -2.52. The number of nitrogens with zero attached hydrogens (tertiary/aromatic N) is 4. The summed E-state index contributed by atoms with van der Waals surface area (Å²) in [6, 6.07) is 0.332. The van der Waals surface area contributed by atoms with Gasteiger partial charge in [-0.3, -0.25) is 14.7 Å². The zero-order chi connectivity index (χ0) is 19.3. The molecule has 148 valence electrons. The molecule has 9 nitrogen and oxygen atoms in total. The number of likely N-dealkylation sites (tertiary alicyclic amines) is 1. The Morgan fingerprint density at radius 2 is 1.81 bits per heavy atom. The number of amides is 2. The van der Waals surface area contributed by atoms with Crippen LogP contribution in [0.3, 0.4) is 0 Å². The van der Waals surface area contributed by atoms with Gasteiger partial charge >= 0.3 is 0 Å². The molecule has 3 heterocycles. The minimum Gasteiger partial charge on any atom is -0.340 e. The van der Waals surface area contributed by atoms with Crippen LogP contribution in [0.5, 0.6) is 0 Å². The largest absolute Gasteiger partial charge is 0.340 e. The van der Waals surface area contributed by atoms with E-state index in [1.807, 2.05) is 4.90 Å². The Bertz CT molecular complexity index is 848.